The van der Waals surface area contributed by atoms with Crippen LogP contribution in [0, 0.1) is 0 Å². The van der Waals surface area contributed by atoms with Crippen LogP contribution in [0.2, 0.25) is 0 Å². The molecule has 1 heterocycles. The molecule has 4 nitrogen and oxygen atoms in total. The van der Waals surface area contributed by atoms with E-state index in [1.54, 1.807) is 0 Å². The molecule has 0 spiro atoms. The molecule has 1 aliphatic heterocycles. The molecule has 9 heavy (non-hydrogen) atoms. The van der Waals surface area contributed by atoms with Crippen molar-refractivity contribution >= 4 is 11.8 Å². The van der Waals surface area contributed by atoms with Gasteiger partial charge in [0.2, 0.25) is 0 Å². The van der Waals surface area contributed by atoms with Gasteiger partial charge in [-0.05, 0) is 5.75 Å². The largest absolute Gasteiger partial charge is 0.215 e. The van der Waals surface area contributed by atoms with E-state index < -0.39 is 0 Å². The number of hydrazine groups is 3. The minimum atomic E-state index is 0.356. The first-order valence-electron chi connectivity index (χ1n) is 2.95. The number of rotatable bonds is 2. The molecular weight excluding hydrogens is 136 g/mol. The molecule has 1 atom stereocenters. The van der Waals surface area contributed by atoms with Gasteiger partial charge in [0, 0.05) is 7.05 Å². The van der Waals surface area contributed by atoms with Crippen LogP contribution in [-0.4, -0.2) is 23.3 Å². The zero-order valence-corrected chi connectivity index (χ0v) is 6.46. The second-order valence-corrected chi connectivity index (χ2v) is 3.16. The Labute approximate surface area is 59.3 Å². The average molecular weight is 148 g/mol. The van der Waals surface area contributed by atoms with Gasteiger partial charge >= 0.3 is 0 Å². The summed E-state index contributed by atoms with van der Waals surface area (Å²) in [6.07, 6.45) is 0. The van der Waals surface area contributed by atoms with Crippen molar-refractivity contribution in [2.45, 2.75) is 12.4 Å². The smallest absolute Gasteiger partial charge is 0.135 e. The number of nitrogens with one attached hydrogen (secondary N) is 3. The first-order valence-corrected chi connectivity index (χ1v) is 4.00. The topological polar surface area (TPSA) is 39.3 Å². The summed E-state index contributed by atoms with van der Waals surface area (Å²) in [5.41, 5.74) is 9.11. The lowest BCUT2D eigenvalue weighted by atomic mass is 11.0. The average Bonchev–Trinajstić information content (AvgIpc) is 2.18. The lowest BCUT2D eigenvalue weighted by Crippen LogP contribution is -2.34. The minimum Gasteiger partial charge on any atom is -0.215 e. The third-order valence-electron chi connectivity index (χ3n) is 1.10. The summed E-state index contributed by atoms with van der Waals surface area (Å²) in [7, 11) is 1.99. The van der Waals surface area contributed by atoms with Crippen molar-refractivity contribution in [1.29, 1.82) is 0 Å². The Balaban J connectivity index is 2.22. The van der Waals surface area contributed by atoms with E-state index in [1.165, 1.54) is 0 Å². The third kappa shape index (κ3) is 1.80. The number of nitrogens with zero attached hydrogens (tertiary/aromatic N) is 1. The summed E-state index contributed by atoms with van der Waals surface area (Å²) in [5, 5.41) is 1.98. The standard InChI is InChI=1S/C4H12N4S/c1-3-9-4-5-6-7-8(4)2/h4-7H,3H2,1-2H3. The molecule has 0 aromatic carbocycles. The van der Waals surface area contributed by atoms with Crippen LogP contribution >= 0.6 is 11.8 Å². The molecule has 0 saturated carbocycles. The van der Waals surface area contributed by atoms with Crippen molar-refractivity contribution in [1.82, 2.24) is 21.5 Å². The molecule has 0 aliphatic carbocycles. The van der Waals surface area contributed by atoms with E-state index in [4.69, 9.17) is 0 Å². The molecular formula is C4H12N4S. The predicted molar refractivity (Wildman–Crippen MR) is 39.1 cm³/mol. The van der Waals surface area contributed by atoms with E-state index in [0.717, 1.165) is 5.75 Å². The summed E-state index contributed by atoms with van der Waals surface area (Å²) in [6.45, 7) is 2.14. The fourth-order valence-electron chi connectivity index (χ4n) is 0.649. The maximum absolute atomic E-state index is 3.04. The monoisotopic (exact) mass is 148 g/mol. The summed E-state index contributed by atoms with van der Waals surface area (Å²) >= 11 is 1.84. The Bertz CT molecular complexity index is 88.6. The van der Waals surface area contributed by atoms with Crippen LogP contribution in [-0.2, 0) is 0 Å². The molecule has 1 unspecified atom stereocenters. The van der Waals surface area contributed by atoms with Gasteiger partial charge in [0.15, 0.2) is 0 Å². The SMILES string of the molecule is CCSC1NNNN1C. The summed E-state index contributed by atoms with van der Waals surface area (Å²) in [5.74, 6) is 1.12. The second kappa shape index (κ2) is 3.38. The Hall–Kier alpha value is 0.190. The molecule has 1 fully saturated rings. The molecule has 0 bridgehead atoms. The van der Waals surface area contributed by atoms with Crippen molar-refractivity contribution in [3.63, 3.8) is 0 Å². The third-order valence-corrected chi connectivity index (χ3v) is 2.19. The maximum atomic E-state index is 3.04. The molecule has 0 aromatic rings. The molecule has 0 aromatic heterocycles. The predicted octanol–water partition coefficient (Wildman–Crippen LogP) is -0.518. The first kappa shape index (κ1) is 7.30. The molecule has 0 radical (unpaired) electrons. The fraction of sp³-hybridized carbons (Fsp3) is 1.00. The number of thioether (sulfide) groups is 1. The summed E-state index contributed by atoms with van der Waals surface area (Å²) in [6, 6.07) is 0. The van der Waals surface area contributed by atoms with Crippen LogP contribution in [0.3, 0.4) is 0 Å². The fourth-order valence-corrected chi connectivity index (χ4v) is 1.38. The van der Waals surface area contributed by atoms with E-state index in [9.17, 15) is 0 Å². The van der Waals surface area contributed by atoms with Crippen LogP contribution in [0.5, 0.6) is 0 Å². The van der Waals surface area contributed by atoms with E-state index in [1.807, 2.05) is 23.8 Å². The molecule has 1 saturated heterocycles. The maximum Gasteiger partial charge on any atom is 0.135 e. The van der Waals surface area contributed by atoms with Crippen molar-refractivity contribution < 1.29 is 0 Å². The molecule has 1 rings (SSSR count). The Morgan fingerprint density at radius 2 is 2.44 bits per heavy atom. The van der Waals surface area contributed by atoms with Crippen molar-refractivity contribution in [3.8, 4) is 0 Å². The highest BCUT2D eigenvalue weighted by Crippen LogP contribution is 2.09. The van der Waals surface area contributed by atoms with Gasteiger partial charge in [-0.15, -0.1) is 11.8 Å². The number of hydrogen-bond donors (Lipinski definition) is 3. The zero-order valence-electron chi connectivity index (χ0n) is 5.64. The van der Waals surface area contributed by atoms with Crippen LogP contribution in [0.1, 0.15) is 6.92 Å². The van der Waals surface area contributed by atoms with Crippen LogP contribution in [0.4, 0.5) is 0 Å². The molecule has 5 heteroatoms. The minimum absolute atomic E-state index is 0.356. The van der Waals surface area contributed by atoms with E-state index in [2.05, 4.69) is 23.4 Å². The molecule has 54 valence electrons. The van der Waals surface area contributed by atoms with Crippen molar-refractivity contribution in [2.75, 3.05) is 12.8 Å². The highest BCUT2D eigenvalue weighted by molar-refractivity contribution is 7.99. The van der Waals surface area contributed by atoms with E-state index in [0.29, 0.717) is 5.50 Å². The van der Waals surface area contributed by atoms with E-state index >= 15 is 0 Å². The molecule has 0 amide bonds. The van der Waals surface area contributed by atoms with Gasteiger partial charge in [0.1, 0.15) is 5.50 Å². The Kier molecular flexibility index (Phi) is 2.74. The van der Waals surface area contributed by atoms with Gasteiger partial charge in [-0.3, -0.25) is 0 Å². The van der Waals surface area contributed by atoms with E-state index in [-0.39, 0.29) is 0 Å². The second-order valence-electron chi connectivity index (χ2n) is 1.80. The van der Waals surface area contributed by atoms with Crippen LogP contribution < -0.4 is 16.5 Å². The first-order chi connectivity index (χ1) is 4.34. The lowest BCUT2D eigenvalue weighted by Gasteiger charge is -2.14. The van der Waals surface area contributed by atoms with Crippen molar-refractivity contribution in [3.05, 3.63) is 0 Å². The Morgan fingerprint density at radius 1 is 1.67 bits per heavy atom. The highest BCUT2D eigenvalue weighted by atomic mass is 32.2. The summed E-state index contributed by atoms with van der Waals surface area (Å²) in [4.78, 5) is 0. The van der Waals surface area contributed by atoms with Gasteiger partial charge in [0.25, 0.3) is 0 Å². The van der Waals surface area contributed by atoms with Gasteiger partial charge < -0.3 is 0 Å². The van der Waals surface area contributed by atoms with Crippen LogP contribution in [0.15, 0.2) is 0 Å². The van der Waals surface area contributed by atoms with Crippen molar-refractivity contribution in [2.24, 2.45) is 0 Å². The van der Waals surface area contributed by atoms with Crippen LogP contribution in [0.25, 0.3) is 0 Å². The lowest BCUT2D eigenvalue weighted by molar-refractivity contribution is 0.273. The zero-order chi connectivity index (χ0) is 6.69. The van der Waals surface area contributed by atoms with Gasteiger partial charge in [0.05, 0.1) is 0 Å². The van der Waals surface area contributed by atoms with Gasteiger partial charge in [-0.2, -0.15) is 11.1 Å². The molecule has 1 aliphatic rings. The Morgan fingerprint density at radius 3 is 2.89 bits per heavy atom. The molecule has 3 N–H and O–H groups in total. The highest BCUT2D eigenvalue weighted by Gasteiger charge is 2.17. The normalized spacial score (nSPS) is 29.3. The quantitative estimate of drug-likeness (QED) is 0.491. The summed E-state index contributed by atoms with van der Waals surface area (Å²) < 4.78 is 0. The van der Waals surface area contributed by atoms with Gasteiger partial charge in [-0.1, -0.05) is 6.92 Å². The van der Waals surface area contributed by atoms with Gasteiger partial charge in [-0.25, -0.2) is 10.4 Å². The number of hydrogen-bond acceptors (Lipinski definition) is 5.